The van der Waals surface area contributed by atoms with Gasteiger partial charge < -0.3 is 0 Å². The summed E-state index contributed by atoms with van der Waals surface area (Å²) in [7, 11) is 0. The third kappa shape index (κ3) is 5.61. The molecular weight excluding hydrogens is 120 g/mol. The lowest BCUT2D eigenvalue weighted by Crippen LogP contribution is -1.87. The van der Waals surface area contributed by atoms with E-state index in [1.54, 1.807) is 0 Å². The molecule has 1 atom stereocenters. The molecule has 0 radical (unpaired) electrons. The molecule has 0 bridgehead atoms. The third-order valence-corrected chi connectivity index (χ3v) is 1.36. The van der Waals surface area contributed by atoms with Gasteiger partial charge >= 0.3 is 0 Å². The van der Waals surface area contributed by atoms with Gasteiger partial charge in [-0.1, -0.05) is 39.0 Å². The Labute approximate surface area is 64.6 Å². The van der Waals surface area contributed by atoms with Crippen molar-refractivity contribution >= 4 is 0 Å². The van der Waals surface area contributed by atoms with Crippen LogP contribution in [0.3, 0.4) is 0 Å². The molecule has 0 unspecified atom stereocenters. The molecule has 0 spiro atoms. The molecule has 0 saturated heterocycles. The number of rotatable bonds is 4. The van der Waals surface area contributed by atoms with Gasteiger partial charge in [-0.2, -0.15) is 0 Å². The summed E-state index contributed by atoms with van der Waals surface area (Å²) in [6.45, 7) is 10.3. The molecular formula is C10H18. The van der Waals surface area contributed by atoms with E-state index >= 15 is 0 Å². The number of hydrogen-bond acceptors (Lipinski definition) is 0. The monoisotopic (exact) mass is 138 g/mol. The smallest absolute Gasteiger partial charge is 0.0227 e. The summed E-state index contributed by atoms with van der Waals surface area (Å²) in [5.41, 5.74) is 0. The van der Waals surface area contributed by atoms with E-state index in [1.165, 1.54) is 0 Å². The van der Waals surface area contributed by atoms with Crippen LogP contribution in [0.1, 0.15) is 27.2 Å². The van der Waals surface area contributed by atoms with Crippen LogP contribution in [0, 0.1) is 11.8 Å². The summed E-state index contributed by atoms with van der Waals surface area (Å²) in [5, 5.41) is 0. The van der Waals surface area contributed by atoms with Gasteiger partial charge in [-0.25, -0.2) is 0 Å². The predicted octanol–water partition coefficient (Wildman–Crippen LogP) is 3.41. The van der Waals surface area contributed by atoms with E-state index in [0.717, 1.165) is 6.42 Å². The molecule has 0 aliphatic carbocycles. The quantitative estimate of drug-likeness (QED) is 0.522. The fourth-order valence-corrected chi connectivity index (χ4v) is 0.753. The van der Waals surface area contributed by atoms with Crippen LogP contribution in [-0.2, 0) is 0 Å². The van der Waals surface area contributed by atoms with Crippen molar-refractivity contribution < 1.29 is 0 Å². The molecule has 10 heavy (non-hydrogen) atoms. The lowest BCUT2D eigenvalue weighted by Gasteiger charge is -2.01. The Hall–Kier alpha value is -0.520. The predicted molar refractivity (Wildman–Crippen MR) is 48.0 cm³/mol. The van der Waals surface area contributed by atoms with Gasteiger partial charge in [0.05, 0.1) is 0 Å². The highest BCUT2D eigenvalue weighted by Crippen LogP contribution is 2.05. The molecule has 58 valence electrons. The fraction of sp³-hybridized carbons (Fsp3) is 0.600. The second-order valence-corrected chi connectivity index (χ2v) is 3.13. The average molecular weight is 138 g/mol. The van der Waals surface area contributed by atoms with E-state index in [-0.39, 0.29) is 0 Å². The maximum absolute atomic E-state index is 3.69. The van der Waals surface area contributed by atoms with E-state index in [0.29, 0.717) is 11.8 Å². The zero-order chi connectivity index (χ0) is 7.98. The standard InChI is InChI=1S/C10H18/c1-5-6-10(4)8-7-9(2)3/h5,7-10H,1,6H2,2-4H3/b8-7+/t10-/m0/s1. The molecule has 0 N–H and O–H groups in total. The van der Waals surface area contributed by atoms with Gasteiger partial charge in [0.15, 0.2) is 0 Å². The van der Waals surface area contributed by atoms with Crippen molar-refractivity contribution in [3.8, 4) is 0 Å². The van der Waals surface area contributed by atoms with E-state index in [4.69, 9.17) is 0 Å². The fourth-order valence-electron chi connectivity index (χ4n) is 0.753. The van der Waals surface area contributed by atoms with Crippen molar-refractivity contribution in [2.24, 2.45) is 11.8 Å². The summed E-state index contributed by atoms with van der Waals surface area (Å²) in [6, 6.07) is 0. The van der Waals surface area contributed by atoms with Crippen LogP contribution in [0.2, 0.25) is 0 Å². The minimum atomic E-state index is 0.653. The van der Waals surface area contributed by atoms with Crippen molar-refractivity contribution in [1.29, 1.82) is 0 Å². The molecule has 0 saturated carbocycles. The second kappa shape index (κ2) is 5.28. The molecule has 0 aromatic heterocycles. The maximum atomic E-state index is 3.69. The molecule has 0 heterocycles. The van der Waals surface area contributed by atoms with E-state index in [1.807, 2.05) is 6.08 Å². The summed E-state index contributed by atoms with van der Waals surface area (Å²) in [6.07, 6.45) is 7.55. The largest absolute Gasteiger partial charge is 0.103 e. The first kappa shape index (κ1) is 9.48. The highest BCUT2D eigenvalue weighted by molar-refractivity contribution is 4.91. The molecule has 0 aliphatic rings. The van der Waals surface area contributed by atoms with Crippen LogP contribution >= 0.6 is 0 Å². The Morgan fingerprint density at radius 3 is 2.20 bits per heavy atom. The molecule has 0 heteroatoms. The van der Waals surface area contributed by atoms with E-state index in [9.17, 15) is 0 Å². The zero-order valence-electron chi connectivity index (χ0n) is 7.30. The molecule has 0 aromatic rings. The molecule has 0 nitrogen and oxygen atoms in total. The van der Waals surface area contributed by atoms with Crippen molar-refractivity contribution in [2.45, 2.75) is 27.2 Å². The first-order valence-electron chi connectivity index (χ1n) is 3.96. The first-order chi connectivity index (χ1) is 4.66. The van der Waals surface area contributed by atoms with Crippen LogP contribution in [0.25, 0.3) is 0 Å². The normalized spacial score (nSPS) is 14.4. The minimum Gasteiger partial charge on any atom is -0.103 e. The summed E-state index contributed by atoms with van der Waals surface area (Å²) < 4.78 is 0. The van der Waals surface area contributed by atoms with Crippen molar-refractivity contribution in [3.63, 3.8) is 0 Å². The van der Waals surface area contributed by atoms with Gasteiger partial charge in [-0.3, -0.25) is 0 Å². The van der Waals surface area contributed by atoms with Crippen LogP contribution < -0.4 is 0 Å². The Bertz CT molecular complexity index is 109. The Kier molecular flexibility index (Phi) is 5.00. The third-order valence-electron chi connectivity index (χ3n) is 1.36. The number of allylic oxidation sites excluding steroid dienone is 3. The topological polar surface area (TPSA) is 0 Å². The molecule has 0 amide bonds. The highest BCUT2D eigenvalue weighted by atomic mass is 14.0. The van der Waals surface area contributed by atoms with Gasteiger partial charge in [-0.05, 0) is 18.3 Å². The first-order valence-corrected chi connectivity index (χ1v) is 3.96. The Balaban J connectivity index is 3.54. The Morgan fingerprint density at radius 1 is 1.20 bits per heavy atom. The van der Waals surface area contributed by atoms with Gasteiger partial charge in [0.1, 0.15) is 0 Å². The van der Waals surface area contributed by atoms with Gasteiger partial charge in [0.2, 0.25) is 0 Å². The van der Waals surface area contributed by atoms with Gasteiger partial charge in [0, 0.05) is 0 Å². The van der Waals surface area contributed by atoms with Crippen LogP contribution in [0.4, 0.5) is 0 Å². The lowest BCUT2D eigenvalue weighted by molar-refractivity contribution is 0.725. The maximum Gasteiger partial charge on any atom is -0.0227 e. The molecule has 0 aromatic carbocycles. The summed E-state index contributed by atoms with van der Waals surface area (Å²) in [4.78, 5) is 0. The van der Waals surface area contributed by atoms with Crippen molar-refractivity contribution in [2.75, 3.05) is 0 Å². The average Bonchev–Trinajstić information content (AvgIpc) is 1.85. The molecule has 0 rings (SSSR count). The van der Waals surface area contributed by atoms with E-state index < -0.39 is 0 Å². The van der Waals surface area contributed by atoms with Gasteiger partial charge in [0.25, 0.3) is 0 Å². The summed E-state index contributed by atoms with van der Waals surface area (Å²) in [5.74, 6) is 1.33. The Morgan fingerprint density at radius 2 is 1.80 bits per heavy atom. The highest BCUT2D eigenvalue weighted by Gasteiger charge is 1.91. The number of hydrogen-bond donors (Lipinski definition) is 0. The van der Waals surface area contributed by atoms with Crippen LogP contribution in [0.15, 0.2) is 24.8 Å². The van der Waals surface area contributed by atoms with E-state index in [2.05, 4.69) is 39.5 Å². The summed E-state index contributed by atoms with van der Waals surface area (Å²) >= 11 is 0. The van der Waals surface area contributed by atoms with Gasteiger partial charge in [-0.15, -0.1) is 6.58 Å². The second-order valence-electron chi connectivity index (χ2n) is 3.13. The minimum absolute atomic E-state index is 0.653. The SMILES string of the molecule is C=CC[C@H](C)/C=C/C(C)C. The van der Waals surface area contributed by atoms with Crippen molar-refractivity contribution in [1.82, 2.24) is 0 Å². The van der Waals surface area contributed by atoms with Crippen LogP contribution in [-0.4, -0.2) is 0 Å². The van der Waals surface area contributed by atoms with Crippen LogP contribution in [0.5, 0.6) is 0 Å². The lowest BCUT2D eigenvalue weighted by atomic mass is 10.1. The molecule has 0 aliphatic heterocycles. The zero-order valence-corrected chi connectivity index (χ0v) is 7.30. The van der Waals surface area contributed by atoms with Crippen molar-refractivity contribution in [3.05, 3.63) is 24.8 Å². The molecule has 0 fully saturated rings.